The molecule has 0 unspecified atom stereocenters. The van der Waals surface area contributed by atoms with Gasteiger partial charge in [-0.2, -0.15) is 0 Å². The van der Waals surface area contributed by atoms with Crippen LogP contribution in [0.2, 0.25) is 0 Å². The molecular formula is C14H20N2O3. The summed E-state index contributed by atoms with van der Waals surface area (Å²) in [4.78, 5) is 13.8. The van der Waals surface area contributed by atoms with E-state index in [1.54, 1.807) is 14.0 Å². The van der Waals surface area contributed by atoms with E-state index in [9.17, 15) is 4.79 Å². The molecule has 0 aliphatic carbocycles. The molecule has 0 saturated carbocycles. The Labute approximate surface area is 113 Å². The van der Waals surface area contributed by atoms with Crippen molar-refractivity contribution in [2.75, 3.05) is 37.0 Å². The third-order valence-electron chi connectivity index (χ3n) is 3.17. The summed E-state index contributed by atoms with van der Waals surface area (Å²) in [6.45, 7) is 4.24. The van der Waals surface area contributed by atoms with Crippen LogP contribution >= 0.6 is 0 Å². The lowest BCUT2D eigenvalue weighted by molar-refractivity contribution is 0.168. The molecule has 1 aromatic rings. The van der Waals surface area contributed by atoms with Crippen molar-refractivity contribution in [3.05, 3.63) is 18.2 Å². The summed E-state index contributed by atoms with van der Waals surface area (Å²) >= 11 is 0. The van der Waals surface area contributed by atoms with Gasteiger partial charge in [0.1, 0.15) is 5.75 Å². The standard InChI is InChI=1S/C14H20N2O3/c1-3-19-14(17)15-12-10-11(6-7-13(12)18-2)16-8-4-5-9-16/h6-7,10H,3-5,8-9H2,1-2H3,(H,15,17). The molecule has 0 spiro atoms. The van der Waals surface area contributed by atoms with Gasteiger partial charge in [-0.15, -0.1) is 0 Å². The van der Waals surface area contributed by atoms with E-state index in [1.807, 2.05) is 18.2 Å². The Morgan fingerprint density at radius 3 is 2.74 bits per heavy atom. The largest absolute Gasteiger partial charge is 0.495 e. The summed E-state index contributed by atoms with van der Waals surface area (Å²) in [5, 5.41) is 2.71. The zero-order valence-corrected chi connectivity index (χ0v) is 11.4. The fourth-order valence-corrected chi connectivity index (χ4v) is 2.24. The number of methoxy groups -OCH3 is 1. The van der Waals surface area contributed by atoms with Gasteiger partial charge in [-0.3, -0.25) is 5.32 Å². The lowest BCUT2D eigenvalue weighted by Crippen LogP contribution is -2.18. The normalized spacial score (nSPS) is 14.3. The number of nitrogens with one attached hydrogen (secondary N) is 1. The molecule has 1 amide bonds. The van der Waals surface area contributed by atoms with E-state index in [0.29, 0.717) is 18.0 Å². The van der Waals surface area contributed by atoms with Crippen molar-refractivity contribution in [1.29, 1.82) is 0 Å². The van der Waals surface area contributed by atoms with Crippen LogP contribution < -0.4 is 15.0 Å². The number of benzene rings is 1. The summed E-state index contributed by atoms with van der Waals surface area (Å²) in [5.41, 5.74) is 1.75. The van der Waals surface area contributed by atoms with Crippen LogP contribution in [0.3, 0.4) is 0 Å². The molecule has 1 aliphatic rings. The monoisotopic (exact) mass is 264 g/mol. The zero-order chi connectivity index (χ0) is 13.7. The summed E-state index contributed by atoms with van der Waals surface area (Å²) in [5.74, 6) is 0.635. The van der Waals surface area contributed by atoms with Crippen LogP contribution in [0.5, 0.6) is 5.75 Å². The van der Waals surface area contributed by atoms with Gasteiger partial charge >= 0.3 is 6.09 Å². The highest BCUT2D eigenvalue weighted by Gasteiger charge is 2.15. The second kappa shape index (κ2) is 6.31. The highest BCUT2D eigenvalue weighted by Crippen LogP contribution is 2.31. The minimum absolute atomic E-state index is 0.347. The van der Waals surface area contributed by atoms with E-state index in [1.165, 1.54) is 12.8 Å². The number of anilines is 2. The van der Waals surface area contributed by atoms with E-state index in [2.05, 4.69) is 10.2 Å². The van der Waals surface area contributed by atoms with Crippen molar-refractivity contribution in [1.82, 2.24) is 0 Å². The molecule has 5 heteroatoms. The highest BCUT2D eigenvalue weighted by atomic mass is 16.5. The molecule has 1 heterocycles. The minimum atomic E-state index is -0.459. The molecule has 5 nitrogen and oxygen atoms in total. The topological polar surface area (TPSA) is 50.8 Å². The number of carbonyl (C=O) groups is 1. The molecule has 1 N–H and O–H groups in total. The van der Waals surface area contributed by atoms with Crippen LogP contribution in [0.25, 0.3) is 0 Å². The lowest BCUT2D eigenvalue weighted by Gasteiger charge is -2.19. The third-order valence-corrected chi connectivity index (χ3v) is 3.17. The maximum atomic E-state index is 11.5. The van der Waals surface area contributed by atoms with Gasteiger partial charge in [0.2, 0.25) is 0 Å². The van der Waals surface area contributed by atoms with Gasteiger partial charge in [-0.1, -0.05) is 0 Å². The number of nitrogens with zero attached hydrogens (tertiary/aromatic N) is 1. The molecule has 1 fully saturated rings. The highest BCUT2D eigenvalue weighted by molar-refractivity contribution is 5.87. The molecule has 1 aliphatic heterocycles. The Morgan fingerprint density at radius 1 is 1.37 bits per heavy atom. The third kappa shape index (κ3) is 3.30. The van der Waals surface area contributed by atoms with Gasteiger partial charge in [0.15, 0.2) is 0 Å². The molecule has 2 rings (SSSR count). The molecule has 104 valence electrons. The van der Waals surface area contributed by atoms with E-state index < -0.39 is 6.09 Å². The molecule has 0 atom stereocenters. The first kappa shape index (κ1) is 13.5. The fourth-order valence-electron chi connectivity index (χ4n) is 2.24. The number of carbonyl (C=O) groups excluding carboxylic acids is 1. The fraction of sp³-hybridized carbons (Fsp3) is 0.500. The Bertz CT molecular complexity index is 442. The number of ether oxygens (including phenoxy) is 2. The SMILES string of the molecule is CCOC(=O)Nc1cc(N2CCCC2)ccc1OC. The average molecular weight is 264 g/mol. The van der Waals surface area contributed by atoms with Crippen LogP contribution in [0.4, 0.5) is 16.2 Å². The smallest absolute Gasteiger partial charge is 0.411 e. The Morgan fingerprint density at radius 2 is 2.11 bits per heavy atom. The van der Waals surface area contributed by atoms with Crippen LogP contribution in [0, 0.1) is 0 Å². The quantitative estimate of drug-likeness (QED) is 0.908. The maximum Gasteiger partial charge on any atom is 0.411 e. The van der Waals surface area contributed by atoms with Crippen molar-refractivity contribution in [2.24, 2.45) is 0 Å². The average Bonchev–Trinajstić information content (AvgIpc) is 2.93. The van der Waals surface area contributed by atoms with E-state index in [-0.39, 0.29) is 0 Å². The van der Waals surface area contributed by atoms with Gasteiger partial charge in [0, 0.05) is 18.8 Å². The molecule has 19 heavy (non-hydrogen) atoms. The number of hydrogen-bond acceptors (Lipinski definition) is 4. The summed E-state index contributed by atoms with van der Waals surface area (Å²) < 4.78 is 10.1. The second-order valence-corrected chi connectivity index (χ2v) is 4.42. The first-order valence-electron chi connectivity index (χ1n) is 6.61. The molecule has 1 saturated heterocycles. The van der Waals surface area contributed by atoms with Crippen LogP contribution in [0.1, 0.15) is 19.8 Å². The molecule has 1 aromatic carbocycles. The van der Waals surface area contributed by atoms with Gasteiger partial charge in [0.05, 0.1) is 19.4 Å². The second-order valence-electron chi connectivity index (χ2n) is 4.42. The van der Waals surface area contributed by atoms with E-state index in [0.717, 1.165) is 18.8 Å². The predicted molar refractivity (Wildman–Crippen MR) is 75.1 cm³/mol. The van der Waals surface area contributed by atoms with Gasteiger partial charge < -0.3 is 14.4 Å². The molecule has 0 bridgehead atoms. The summed E-state index contributed by atoms with van der Waals surface area (Å²) in [6.07, 6.45) is 1.97. The first-order chi connectivity index (χ1) is 9.24. The number of rotatable bonds is 4. The van der Waals surface area contributed by atoms with Crippen molar-refractivity contribution in [3.8, 4) is 5.75 Å². The Kier molecular flexibility index (Phi) is 4.49. The van der Waals surface area contributed by atoms with Crippen molar-refractivity contribution < 1.29 is 14.3 Å². The summed E-state index contributed by atoms with van der Waals surface area (Å²) in [6, 6.07) is 5.82. The van der Waals surface area contributed by atoms with Gasteiger partial charge in [0.25, 0.3) is 0 Å². The minimum Gasteiger partial charge on any atom is -0.495 e. The van der Waals surface area contributed by atoms with Crippen LogP contribution in [0.15, 0.2) is 18.2 Å². The van der Waals surface area contributed by atoms with Crippen LogP contribution in [-0.2, 0) is 4.74 Å². The lowest BCUT2D eigenvalue weighted by atomic mass is 10.2. The first-order valence-corrected chi connectivity index (χ1v) is 6.61. The Balaban J connectivity index is 2.18. The predicted octanol–water partition coefficient (Wildman–Crippen LogP) is 2.86. The molecular weight excluding hydrogens is 244 g/mol. The van der Waals surface area contributed by atoms with E-state index >= 15 is 0 Å². The van der Waals surface area contributed by atoms with Crippen molar-refractivity contribution in [2.45, 2.75) is 19.8 Å². The molecule has 0 aromatic heterocycles. The van der Waals surface area contributed by atoms with Gasteiger partial charge in [-0.05, 0) is 38.0 Å². The van der Waals surface area contributed by atoms with Gasteiger partial charge in [-0.25, -0.2) is 4.79 Å². The number of hydrogen-bond donors (Lipinski definition) is 1. The summed E-state index contributed by atoms with van der Waals surface area (Å²) in [7, 11) is 1.58. The van der Waals surface area contributed by atoms with Crippen LogP contribution in [-0.4, -0.2) is 32.9 Å². The maximum absolute atomic E-state index is 11.5. The number of amides is 1. The molecule has 0 radical (unpaired) electrons. The zero-order valence-electron chi connectivity index (χ0n) is 11.4. The van der Waals surface area contributed by atoms with Crippen molar-refractivity contribution in [3.63, 3.8) is 0 Å². The van der Waals surface area contributed by atoms with E-state index in [4.69, 9.17) is 9.47 Å². The van der Waals surface area contributed by atoms with Crippen molar-refractivity contribution >= 4 is 17.5 Å². The Hall–Kier alpha value is -1.91.